The lowest BCUT2D eigenvalue weighted by molar-refractivity contribution is 0.0599. The van der Waals surface area contributed by atoms with Gasteiger partial charge in [-0.15, -0.1) is 11.3 Å². The fourth-order valence-electron chi connectivity index (χ4n) is 3.23. The van der Waals surface area contributed by atoms with Gasteiger partial charge in [-0.1, -0.05) is 0 Å². The monoisotopic (exact) mass is 397 g/mol. The number of hydrogen-bond donors (Lipinski definition) is 0. The van der Waals surface area contributed by atoms with Crippen LogP contribution in [0, 0.1) is 12.7 Å². The van der Waals surface area contributed by atoms with E-state index in [1.54, 1.807) is 24.5 Å². The van der Waals surface area contributed by atoms with E-state index in [9.17, 15) is 9.18 Å². The summed E-state index contributed by atoms with van der Waals surface area (Å²) in [6.45, 7) is 3.13. The van der Waals surface area contributed by atoms with E-state index in [0.29, 0.717) is 23.7 Å². The Balaban J connectivity index is 1.39. The Labute approximate surface area is 166 Å². The number of likely N-dealkylation sites (tertiary alicyclic amines) is 1. The van der Waals surface area contributed by atoms with Gasteiger partial charge in [-0.3, -0.25) is 9.78 Å². The van der Waals surface area contributed by atoms with Crippen molar-refractivity contribution < 1.29 is 13.9 Å². The maximum atomic E-state index is 13.0. The highest BCUT2D eigenvalue weighted by Gasteiger charge is 2.27. The molecule has 0 unspecified atom stereocenters. The molecule has 0 atom stereocenters. The minimum Gasteiger partial charge on any atom is -0.490 e. The second-order valence-electron chi connectivity index (χ2n) is 6.74. The Kier molecular flexibility index (Phi) is 5.34. The third kappa shape index (κ3) is 4.04. The van der Waals surface area contributed by atoms with Crippen molar-refractivity contribution in [3.8, 4) is 16.3 Å². The number of carbonyl (C=O) groups is 1. The average molecular weight is 397 g/mol. The van der Waals surface area contributed by atoms with Gasteiger partial charge in [0.05, 0.1) is 5.69 Å². The molecule has 28 heavy (non-hydrogen) atoms. The maximum Gasteiger partial charge on any atom is 0.265 e. The van der Waals surface area contributed by atoms with Crippen LogP contribution in [0.3, 0.4) is 0 Å². The first kappa shape index (κ1) is 18.6. The van der Waals surface area contributed by atoms with E-state index >= 15 is 0 Å². The zero-order chi connectivity index (χ0) is 19.5. The predicted octanol–water partition coefficient (Wildman–Crippen LogP) is 4.34. The van der Waals surface area contributed by atoms with Crippen LogP contribution in [-0.2, 0) is 0 Å². The zero-order valence-electron chi connectivity index (χ0n) is 15.5. The molecule has 1 aliphatic heterocycles. The molecule has 0 N–H and O–H groups in total. The molecule has 2 aromatic heterocycles. The van der Waals surface area contributed by atoms with Crippen molar-refractivity contribution in [1.82, 2.24) is 14.9 Å². The van der Waals surface area contributed by atoms with Crippen molar-refractivity contribution >= 4 is 17.2 Å². The Hall–Kier alpha value is -2.80. The van der Waals surface area contributed by atoms with Gasteiger partial charge < -0.3 is 9.64 Å². The summed E-state index contributed by atoms with van der Waals surface area (Å²) in [4.78, 5) is 24.2. The first-order valence-corrected chi connectivity index (χ1v) is 10.0. The molecular formula is C21H20FN3O2S. The fourth-order valence-corrected chi connectivity index (χ4v) is 4.26. The summed E-state index contributed by atoms with van der Waals surface area (Å²) < 4.78 is 18.9. The summed E-state index contributed by atoms with van der Waals surface area (Å²) in [5, 5.41) is 0.809. The molecule has 5 nitrogen and oxygen atoms in total. The Morgan fingerprint density at radius 1 is 1.21 bits per heavy atom. The summed E-state index contributed by atoms with van der Waals surface area (Å²) in [7, 11) is 0. The van der Waals surface area contributed by atoms with Crippen LogP contribution in [0.1, 0.15) is 28.2 Å². The molecule has 4 rings (SSSR count). The first-order valence-electron chi connectivity index (χ1n) is 9.19. The highest BCUT2D eigenvalue weighted by molar-refractivity contribution is 7.17. The van der Waals surface area contributed by atoms with Crippen LogP contribution in [0.25, 0.3) is 10.6 Å². The second kappa shape index (κ2) is 8.06. The van der Waals surface area contributed by atoms with E-state index in [-0.39, 0.29) is 17.8 Å². The third-order valence-corrected chi connectivity index (χ3v) is 5.94. The van der Waals surface area contributed by atoms with E-state index in [2.05, 4.69) is 9.97 Å². The quantitative estimate of drug-likeness (QED) is 0.657. The van der Waals surface area contributed by atoms with Gasteiger partial charge in [-0.05, 0) is 43.3 Å². The molecule has 1 amide bonds. The second-order valence-corrected chi connectivity index (χ2v) is 7.74. The van der Waals surface area contributed by atoms with Crippen LogP contribution < -0.4 is 4.74 Å². The zero-order valence-corrected chi connectivity index (χ0v) is 16.3. The third-order valence-electron chi connectivity index (χ3n) is 4.74. The number of benzene rings is 1. The molecule has 0 spiro atoms. The lowest BCUT2D eigenvalue weighted by Crippen LogP contribution is -2.41. The van der Waals surface area contributed by atoms with Gasteiger partial charge in [0.15, 0.2) is 0 Å². The Morgan fingerprint density at radius 3 is 2.64 bits per heavy atom. The summed E-state index contributed by atoms with van der Waals surface area (Å²) in [6, 6.07) is 9.85. The number of hydrogen-bond acceptors (Lipinski definition) is 5. The maximum absolute atomic E-state index is 13.0. The number of halogens is 1. The molecule has 1 aromatic carbocycles. The van der Waals surface area contributed by atoms with Crippen LogP contribution in [0.15, 0.2) is 48.8 Å². The molecule has 1 fully saturated rings. The molecule has 0 saturated carbocycles. The predicted molar refractivity (Wildman–Crippen MR) is 106 cm³/mol. The number of aryl methyl sites for hydroxylation is 1. The van der Waals surface area contributed by atoms with Crippen LogP contribution in [0.5, 0.6) is 5.75 Å². The van der Waals surface area contributed by atoms with Gasteiger partial charge >= 0.3 is 0 Å². The highest BCUT2D eigenvalue weighted by atomic mass is 32.1. The van der Waals surface area contributed by atoms with Crippen molar-refractivity contribution in [2.45, 2.75) is 25.9 Å². The van der Waals surface area contributed by atoms with Crippen molar-refractivity contribution in [3.05, 3.63) is 65.2 Å². The molecule has 1 aliphatic rings. The number of amides is 1. The van der Waals surface area contributed by atoms with Crippen LogP contribution in [0.2, 0.25) is 0 Å². The number of thiazole rings is 1. The van der Waals surface area contributed by atoms with Gasteiger partial charge in [0.25, 0.3) is 5.91 Å². The lowest BCUT2D eigenvalue weighted by Gasteiger charge is -2.32. The Bertz CT molecular complexity index is 952. The smallest absolute Gasteiger partial charge is 0.265 e. The van der Waals surface area contributed by atoms with Crippen LogP contribution in [0.4, 0.5) is 4.39 Å². The molecule has 0 bridgehead atoms. The molecule has 3 heterocycles. The summed E-state index contributed by atoms with van der Waals surface area (Å²) >= 11 is 1.41. The van der Waals surface area contributed by atoms with E-state index < -0.39 is 0 Å². The van der Waals surface area contributed by atoms with Gasteiger partial charge in [0.1, 0.15) is 27.6 Å². The van der Waals surface area contributed by atoms with Crippen molar-refractivity contribution in [2.75, 3.05) is 13.1 Å². The molecular weight excluding hydrogens is 377 g/mol. The summed E-state index contributed by atoms with van der Waals surface area (Å²) in [6.07, 6.45) is 4.99. The summed E-state index contributed by atoms with van der Waals surface area (Å²) in [5.41, 5.74) is 1.67. The fraction of sp³-hybridized carbons (Fsp3) is 0.286. The summed E-state index contributed by atoms with van der Waals surface area (Å²) in [5.74, 6) is 0.398. The SMILES string of the molecule is Cc1nc(-c2cccnc2)sc1C(=O)N1CCC(Oc2ccc(F)cc2)CC1. The largest absolute Gasteiger partial charge is 0.490 e. The molecule has 3 aromatic rings. The van der Waals surface area contributed by atoms with Crippen LogP contribution in [-0.4, -0.2) is 40.0 Å². The van der Waals surface area contributed by atoms with E-state index in [1.165, 1.54) is 23.5 Å². The Morgan fingerprint density at radius 2 is 1.96 bits per heavy atom. The van der Waals surface area contributed by atoms with E-state index in [0.717, 1.165) is 29.1 Å². The number of carbonyl (C=O) groups excluding carboxylic acids is 1. The van der Waals surface area contributed by atoms with Gasteiger partial charge in [0.2, 0.25) is 0 Å². The average Bonchev–Trinajstić information content (AvgIpc) is 3.12. The minimum atomic E-state index is -0.279. The number of ether oxygens (including phenoxy) is 1. The van der Waals surface area contributed by atoms with Crippen molar-refractivity contribution in [1.29, 1.82) is 0 Å². The first-order chi connectivity index (χ1) is 13.6. The van der Waals surface area contributed by atoms with E-state index in [4.69, 9.17) is 4.74 Å². The number of aromatic nitrogens is 2. The van der Waals surface area contributed by atoms with Gasteiger partial charge in [-0.25, -0.2) is 9.37 Å². The topological polar surface area (TPSA) is 55.3 Å². The minimum absolute atomic E-state index is 0.0189. The molecule has 144 valence electrons. The van der Waals surface area contributed by atoms with Crippen molar-refractivity contribution in [3.63, 3.8) is 0 Å². The number of rotatable bonds is 4. The van der Waals surface area contributed by atoms with Crippen LogP contribution >= 0.6 is 11.3 Å². The number of piperidine rings is 1. The molecule has 0 aliphatic carbocycles. The normalized spacial score (nSPS) is 14.9. The van der Waals surface area contributed by atoms with Crippen molar-refractivity contribution in [2.24, 2.45) is 0 Å². The molecule has 1 saturated heterocycles. The molecule has 0 radical (unpaired) electrons. The van der Waals surface area contributed by atoms with Gasteiger partial charge in [0, 0.05) is 43.9 Å². The number of pyridine rings is 1. The lowest BCUT2D eigenvalue weighted by atomic mass is 10.1. The highest BCUT2D eigenvalue weighted by Crippen LogP contribution is 2.29. The molecule has 7 heteroatoms. The van der Waals surface area contributed by atoms with Gasteiger partial charge in [-0.2, -0.15) is 0 Å². The standard InChI is InChI=1S/C21H20FN3O2S/c1-14-19(28-20(24-14)15-3-2-10-23-13-15)21(26)25-11-8-18(9-12-25)27-17-6-4-16(22)5-7-17/h2-7,10,13,18H,8-9,11-12H2,1H3. The number of nitrogens with zero attached hydrogens (tertiary/aromatic N) is 3. The van der Waals surface area contributed by atoms with E-state index in [1.807, 2.05) is 24.0 Å².